The summed E-state index contributed by atoms with van der Waals surface area (Å²) >= 11 is 0. The molecule has 0 bridgehead atoms. The molecule has 0 unspecified atom stereocenters. The second-order valence-corrected chi connectivity index (χ2v) is 3.41. The standard InChI is InChI=1S/C9H17NO2/c1-2-3-4-7-12-9(5-6-9)8(10)11/h2-7H2,1H3,(H2,10,11). The fraction of sp³-hybridized carbons (Fsp3) is 0.889. The number of ether oxygens (including phenoxy) is 1. The van der Waals surface area contributed by atoms with Gasteiger partial charge in [-0.1, -0.05) is 19.8 Å². The highest BCUT2D eigenvalue weighted by Crippen LogP contribution is 2.39. The van der Waals surface area contributed by atoms with Crippen LogP contribution in [0.15, 0.2) is 0 Å². The van der Waals surface area contributed by atoms with Gasteiger partial charge in [0.05, 0.1) is 0 Å². The van der Waals surface area contributed by atoms with Crippen molar-refractivity contribution in [2.45, 2.75) is 44.6 Å². The normalized spacial score (nSPS) is 19.1. The van der Waals surface area contributed by atoms with E-state index in [1.807, 2.05) is 0 Å². The molecule has 0 aromatic carbocycles. The van der Waals surface area contributed by atoms with Crippen molar-refractivity contribution in [1.29, 1.82) is 0 Å². The molecule has 0 radical (unpaired) electrons. The van der Waals surface area contributed by atoms with Gasteiger partial charge in [-0.25, -0.2) is 0 Å². The largest absolute Gasteiger partial charge is 0.367 e. The average molecular weight is 171 g/mol. The first-order valence-electron chi connectivity index (χ1n) is 4.65. The van der Waals surface area contributed by atoms with Crippen LogP contribution in [0, 0.1) is 0 Å². The SMILES string of the molecule is CCCCCOC1(C(N)=O)CC1. The lowest BCUT2D eigenvalue weighted by Gasteiger charge is -2.11. The summed E-state index contributed by atoms with van der Waals surface area (Å²) in [4.78, 5) is 10.8. The minimum atomic E-state index is -0.562. The molecule has 1 fully saturated rings. The van der Waals surface area contributed by atoms with E-state index in [1.165, 1.54) is 6.42 Å². The molecule has 12 heavy (non-hydrogen) atoms. The maximum atomic E-state index is 10.8. The minimum Gasteiger partial charge on any atom is -0.367 e. The second kappa shape index (κ2) is 3.90. The van der Waals surface area contributed by atoms with Crippen LogP contribution in [0.5, 0.6) is 0 Å². The van der Waals surface area contributed by atoms with Gasteiger partial charge in [0.1, 0.15) is 5.60 Å². The summed E-state index contributed by atoms with van der Waals surface area (Å²) in [5.74, 6) is -0.293. The Labute approximate surface area is 73.3 Å². The number of hydrogen-bond acceptors (Lipinski definition) is 2. The van der Waals surface area contributed by atoms with Gasteiger partial charge in [0.25, 0.3) is 0 Å². The van der Waals surface area contributed by atoms with E-state index in [2.05, 4.69) is 6.92 Å². The van der Waals surface area contributed by atoms with Gasteiger partial charge in [-0.05, 0) is 19.3 Å². The summed E-state index contributed by atoms with van der Waals surface area (Å²) < 4.78 is 5.43. The van der Waals surface area contributed by atoms with Crippen LogP contribution >= 0.6 is 0 Å². The molecule has 1 saturated carbocycles. The van der Waals surface area contributed by atoms with Gasteiger partial charge in [0.2, 0.25) is 5.91 Å². The lowest BCUT2D eigenvalue weighted by Crippen LogP contribution is -2.33. The molecule has 1 aliphatic rings. The molecule has 1 rings (SSSR count). The van der Waals surface area contributed by atoms with Crippen molar-refractivity contribution in [2.24, 2.45) is 5.73 Å². The maximum absolute atomic E-state index is 10.8. The number of carbonyl (C=O) groups excluding carboxylic acids is 1. The maximum Gasteiger partial charge on any atom is 0.249 e. The first-order valence-corrected chi connectivity index (χ1v) is 4.65. The van der Waals surface area contributed by atoms with Crippen molar-refractivity contribution in [1.82, 2.24) is 0 Å². The van der Waals surface area contributed by atoms with Crippen molar-refractivity contribution in [3.8, 4) is 0 Å². The Kier molecular flexibility index (Phi) is 3.09. The number of primary amides is 1. The molecule has 0 atom stereocenters. The summed E-state index contributed by atoms with van der Waals surface area (Å²) in [5, 5.41) is 0. The zero-order valence-electron chi connectivity index (χ0n) is 7.64. The number of unbranched alkanes of at least 4 members (excludes halogenated alkanes) is 2. The molecule has 0 aromatic rings. The van der Waals surface area contributed by atoms with Gasteiger partial charge in [-0.2, -0.15) is 0 Å². The molecule has 2 N–H and O–H groups in total. The highest BCUT2D eigenvalue weighted by atomic mass is 16.5. The fourth-order valence-corrected chi connectivity index (χ4v) is 1.19. The van der Waals surface area contributed by atoms with Crippen LogP contribution in [-0.4, -0.2) is 18.1 Å². The number of rotatable bonds is 6. The van der Waals surface area contributed by atoms with Gasteiger partial charge in [-0.3, -0.25) is 4.79 Å². The minimum absolute atomic E-state index is 0.293. The molecular weight excluding hydrogens is 154 g/mol. The first-order chi connectivity index (χ1) is 5.71. The number of hydrogen-bond donors (Lipinski definition) is 1. The predicted molar refractivity (Wildman–Crippen MR) is 46.6 cm³/mol. The van der Waals surface area contributed by atoms with Crippen LogP contribution in [-0.2, 0) is 9.53 Å². The number of nitrogens with two attached hydrogens (primary N) is 1. The Morgan fingerprint density at radius 3 is 2.58 bits per heavy atom. The van der Waals surface area contributed by atoms with Crippen molar-refractivity contribution < 1.29 is 9.53 Å². The summed E-state index contributed by atoms with van der Waals surface area (Å²) in [6, 6.07) is 0. The molecular formula is C9H17NO2. The summed E-state index contributed by atoms with van der Waals surface area (Å²) in [7, 11) is 0. The quantitative estimate of drug-likeness (QED) is 0.611. The second-order valence-electron chi connectivity index (χ2n) is 3.41. The Morgan fingerprint density at radius 1 is 1.50 bits per heavy atom. The van der Waals surface area contributed by atoms with Crippen LogP contribution in [0.2, 0.25) is 0 Å². The van der Waals surface area contributed by atoms with E-state index in [0.717, 1.165) is 25.7 Å². The van der Waals surface area contributed by atoms with Crippen molar-refractivity contribution in [3.05, 3.63) is 0 Å². The van der Waals surface area contributed by atoms with E-state index in [0.29, 0.717) is 6.61 Å². The number of carbonyl (C=O) groups is 1. The van der Waals surface area contributed by atoms with E-state index in [4.69, 9.17) is 10.5 Å². The van der Waals surface area contributed by atoms with Crippen molar-refractivity contribution in [2.75, 3.05) is 6.61 Å². The smallest absolute Gasteiger partial charge is 0.249 e. The number of amides is 1. The van der Waals surface area contributed by atoms with Gasteiger partial charge in [-0.15, -0.1) is 0 Å². The molecule has 3 nitrogen and oxygen atoms in total. The van der Waals surface area contributed by atoms with Gasteiger partial charge < -0.3 is 10.5 Å². The molecule has 0 heterocycles. The lowest BCUT2D eigenvalue weighted by molar-refractivity contribution is -0.132. The Balaban J connectivity index is 2.10. The van der Waals surface area contributed by atoms with E-state index >= 15 is 0 Å². The summed E-state index contributed by atoms with van der Waals surface area (Å²) in [6.07, 6.45) is 5.00. The first kappa shape index (κ1) is 9.52. The van der Waals surface area contributed by atoms with E-state index < -0.39 is 5.60 Å². The third kappa shape index (κ3) is 2.21. The van der Waals surface area contributed by atoms with Crippen LogP contribution in [0.1, 0.15) is 39.0 Å². The van der Waals surface area contributed by atoms with E-state index in [1.54, 1.807) is 0 Å². The summed E-state index contributed by atoms with van der Waals surface area (Å²) in [5.41, 5.74) is 4.62. The average Bonchev–Trinajstić information content (AvgIpc) is 2.79. The molecule has 0 aliphatic heterocycles. The Bertz CT molecular complexity index is 164. The molecule has 3 heteroatoms. The van der Waals surface area contributed by atoms with Crippen LogP contribution in [0.25, 0.3) is 0 Å². The van der Waals surface area contributed by atoms with Crippen LogP contribution in [0.3, 0.4) is 0 Å². The molecule has 1 amide bonds. The molecule has 0 spiro atoms. The van der Waals surface area contributed by atoms with Gasteiger partial charge >= 0.3 is 0 Å². The molecule has 70 valence electrons. The van der Waals surface area contributed by atoms with E-state index in [9.17, 15) is 4.79 Å². The fourth-order valence-electron chi connectivity index (χ4n) is 1.19. The third-order valence-electron chi connectivity index (χ3n) is 2.28. The van der Waals surface area contributed by atoms with Crippen molar-refractivity contribution in [3.63, 3.8) is 0 Å². The van der Waals surface area contributed by atoms with Gasteiger partial charge in [0, 0.05) is 6.61 Å². The highest BCUT2D eigenvalue weighted by Gasteiger charge is 2.49. The molecule has 0 saturated heterocycles. The third-order valence-corrected chi connectivity index (χ3v) is 2.28. The van der Waals surface area contributed by atoms with Gasteiger partial charge in [0.15, 0.2) is 0 Å². The Morgan fingerprint density at radius 2 is 2.17 bits per heavy atom. The van der Waals surface area contributed by atoms with E-state index in [-0.39, 0.29) is 5.91 Å². The topological polar surface area (TPSA) is 52.3 Å². The monoisotopic (exact) mass is 171 g/mol. The highest BCUT2D eigenvalue weighted by molar-refractivity contribution is 5.86. The zero-order valence-corrected chi connectivity index (χ0v) is 7.64. The van der Waals surface area contributed by atoms with Crippen molar-refractivity contribution >= 4 is 5.91 Å². The Hall–Kier alpha value is -0.570. The molecule has 0 aromatic heterocycles. The lowest BCUT2D eigenvalue weighted by atomic mass is 10.2. The zero-order chi connectivity index (χ0) is 9.03. The molecule has 1 aliphatic carbocycles. The van der Waals surface area contributed by atoms with Crippen LogP contribution < -0.4 is 5.73 Å². The summed E-state index contributed by atoms with van der Waals surface area (Å²) in [6.45, 7) is 2.82. The van der Waals surface area contributed by atoms with Crippen LogP contribution in [0.4, 0.5) is 0 Å². The predicted octanol–water partition coefficient (Wildman–Crippen LogP) is 1.21.